The summed E-state index contributed by atoms with van der Waals surface area (Å²) >= 11 is 6.24. The average molecular weight is 242 g/mol. The molecule has 1 N–H and O–H groups in total. The molecule has 0 amide bonds. The predicted molar refractivity (Wildman–Crippen MR) is 66.8 cm³/mol. The Bertz CT molecular complexity index is 327. The van der Waals surface area contributed by atoms with Crippen molar-refractivity contribution in [2.45, 2.75) is 31.6 Å². The van der Waals surface area contributed by atoms with Crippen LogP contribution in [0.5, 0.6) is 0 Å². The van der Waals surface area contributed by atoms with Crippen molar-refractivity contribution in [2.24, 2.45) is 13.0 Å². The molecule has 0 radical (unpaired) electrons. The van der Waals surface area contributed by atoms with Gasteiger partial charge in [0, 0.05) is 13.0 Å². The van der Waals surface area contributed by atoms with E-state index in [-0.39, 0.29) is 0 Å². The highest BCUT2D eigenvalue weighted by atomic mass is 35.5. The Morgan fingerprint density at radius 2 is 2.25 bits per heavy atom. The minimum atomic E-state index is 0.571. The second kappa shape index (κ2) is 5.19. The van der Waals surface area contributed by atoms with Gasteiger partial charge in [-0.25, -0.2) is 0 Å². The van der Waals surface area contributed by atoms with Gasteiger partial charge in [-0.15, -0.1) is 0 Å². The number of halogens is 1. The van der Waals surface area contributed by atoms with Crippen molar-refractivity contribution in [3.05, 3.63) is 16.9 Å². The van der Waals surface area contributed by atoms with Crippen LogP contribution >= 0.6 is 11.6 Å². The molecule has 0 bridgehead atoms. The summed E-state index contributed by atoms with van der Waals surface area (Å²) in [6, 6.07) is 0. The van der Waals surface area contributed by atoms with Crippen molar-refractivity contribution in [3.63, 3.8) is 0 Å². The molecule has 1 fully saturated rings. The van der Waals surface area contributed by atoms with E-state index in [1.165, 1.54) is 31.4 Å². The number of nitrogens with zero attached hydrogens (tertiary/aromatic N) is 2. The number of hydrogen-bond acceptors (Lipinski definition) is 2. The van der Waals surface area contributed by atoms with Gasteiger partial charge >= 0.3 is 0 Å². The first-order valence-electron chi connectivity index (χ1n) is 6.06. The summed E-state index contributed by atoms with van der Waals surface area (Å²) in [5, 5.41) is 8.37. The monoisotopic (exact) mass is 241 g/mol. The maximum absolute atomic E-state index is 6.24. The number of hydrogen-bond donors (Lipinski definition) is 1. The molecule has 1 saturated carbocycles. The quantitative estimate of drug-likeness (QED) is 0.882. The highest BCUT2D eigenvalue weighted by Gasteiger charge is 2.29. The molecule has 0 spiro atoms. The van der Waals surface area contributed by atoms with E-state index < -0.39 is 0 Å². The van der Waals surface area contributed by atoms with Gasteiger partial charge in [-0.2, -0.15) is 5.10 Å². The lowest BCUT2D eigenvalue weighted by Gasteiger charge is -2.31. The van der Waals surface area contributed by atoms with Gasteiger partial charge in [0.15, 0.2) is 0 Å². The Morgan fingerprint density at radius 3 is 2.88 bits per heavy atom. The Hall–Kier alpha value is -0.540. The van der Waals surface area contributed by atoms with Gasteiger partial charge in [-0.3, -0.25) is 4.68 Å². The fourth-order valence-corrected chi connectivity index (χ4v) is 3.22. The van der Waals surface area contributed by atoms with Gasteiger partial charge < -0.3 is 5.32 Å². The lowest BCUT2D eigenvalue weighted by molar-refractivity contribution is 0.291. The highest BCUT2D eigenvalue weighted by molar-refractivity contribution is 6.31. The number of aromatic nitrogens is 2. The van der Waals surface area contributed by atoms with Crippen molar-refractivity contribution in [1.29, 1.82) is 0 Å². The molecule has 0 aliphatic heterocycles. The van der Waals surface area contributed by atoms with Gasteiger partial charge in [0.2, 0.25) is 0 Å². The molecule has 2 unspecified atom stereocenters. The lowest BCUT2D eigenvalue weighted by atomic mass is 9.77. The molecule has 0 aromatic carbocycles. The summed E-state index contributed by atoms with van der Waals surface area (Å²) in [5.41, 5.74) is 1.22. The van der Waals surface area contributed by atoms with E-state index >= 15 is 0 Å². The third kappa shape index (κ3) is 2.25. The highest BCUT2D eigenvalue weighted by Crippen LogP contribution is 2.39. The summed E-state index contributed by atoms with van der Waals surface area (Å²) in [6.07, 6.45) is 6.96. The minimum Gasteiger partial charge on any atom is -0.319 e. The third-order valence-electron chi connectivity index (χ3n) is 3.66. The Kier molecular flexibility index (Phi) is 3.87. The first-order valence-corrected chi connectivity index (χ1v) is 6.43. The second-order valence-corrected chi connectivity index (χ2v) is 5.12. The van der Waals surface area contributed by atoms with E-state index in [4.69, 9.17) is 11.6 Å². The third-order valence-corrected chi connectivity index (χ3v) is 3.96. The molecule has 2 rings (SSSR count). The molecule has 1 heterocycles. The molecule has 16 heavy (non-hydrogen) atoms. The van der Waals surface area contributed by atoms with Crippen LogP contribution in [0.25, 0.3) is 0 Å². The normalized spacial score (nSPS) is 25.9. The smallest absolute Gasteiger partial charge is 0.0820 e. The van der Waals surface area contributed by atoms with Gasteiger partial charge in [-0.05, 0) is 32.4 Å². The fraction of sp³-hybridized carbons (Fsp3) is 0.750. The van der Waals surface area contributed by atoms with Gasteiger partial charge in [0.1, 0.15) is 0 Å². The zero-order valence-corrected chi connectivity index (χ0v) is 10.8. The molecule has 3 nitrogen and oxygen atoms in total. The summed E-state index contributed by atoms with van der Waals surface area (Å²) in [4.78, 5) is 0. The number of rotatable bonds is 3. The molecule has 2 atom stereocenters. The van der Waals surface area contributed by atoms with Crippen LogP contribution < -0.4 is 5.32 Å². The first-order chi connectivity index (χ1) is 7.74. The molecule has 1 aliphatic rings. The van der Waals surface area contributed by atoms with Crippen molar-refractivity contribution in [2.75, 3.05) is 13.6 Å². The summed E-state index contributed by atoms with van der Waals surface area (Å²) < 4.78 is 1.95. The molecule has 4 heteroatoms. The zero-order chi connectivity index (χ0) is 11.5. The molecular weight excluding hydrogens is 222 g/mol. The van der Waals surface area contributed by atoms with Crippen LogP contribution in [-0.2, 0) is 7.05 Å². The van der Waals surface area contributed by atoms with Crippen LogP contribution in [0.3, 0.4) is 0 Å². The molecule has 90 valence electrons. The predicted octanol–water partition coefficient (Wildman–Crippen LogP) is 2.57. The molecule has 1 aromatic rings. The Morgan fingerprint density at radius 1 is 1.50 bits per heavy atom. The molecule has 1 aromatic heterocycles. The first kappa shape index (κ1) is 11.9. The van der Waals surface area contributed by atoms with E-state index in [0.717, 1.165) is 11.6 Å². The largest absolute Gasteiger partial charge is 0.319 e. The van der Waals surface area contributed by atoms with Crippen molar-refractivity contribution in [1.82, 2.24) is 15.1 Å². The number of nitrogens with one attached hydrogen (secondary N) is 1. The topological polar surface area (TPSA) is 29.9 Å². The van der Waals surface area contributed by atoms with E-state index in [1.807, 2.05) is 18.8 Å². The van der Waals surface area contributed by atoms with Crippen LogP contribution in [0.1, 0.15) is 37.3 Å². The minimum absolute atomic E-state index is 0.571. The average Bonchev–Trinajstić information content (AvgIpc) is 2.60. The Balaban J connectivity index is 2.22. The lowest BCUT2D eigenvalue weighted by Crippen LogP contribution is -2.28. The van der Waals surface area contributed by atoms with Gasteiger partial charge in [0.05, 0.1) is 16.9 Å². The van der Waals surface area contributed by atoms with E-state index in [0.29, 0.717) is 11.8 Å². The summed E-state index contributed by atoms with van der Waals surface area (Å²) in [5.74, 6) is 1.27. The van der Waals surface area contributed by atoms with Crippen LogP contribution in [0, 0.1) is 5.92 Å². The molecular formula is C12H20ClN3. The summed E-state index contributed by atoms with van der Waals surface area (Å²) in [7, 11) is 4.02. The molecule has 0 saturated heterocycles. The van der Waals surface area contributed by atoms with Crippen LogP contribution in [0.4, 0.5) is 0 Å². The van der Waals surface area contributed by atoms with E-state index in [1.54, 1.807) is 6.20 Å². The summed E-state index contributed by atoms with van der Waals surface area (Å²) in [6.45, 7) is 1.08. The van der Waals surface area contributed by atoms with E-state index in [9.17, 15) is 0 Å². The maximum Gasteiger partial charge on any atom is 0.0820 e. The van der Waals surface area contributed by atoms with E-state index in [2.05, 4.69) is 10.4 Å². The maximum atomic E-state index is 6.24. The van der Waals surface area contributed by atoms with Crippen LogP contribution in [-0.4, -0.2) is 23.4 Å². The van der Waals surface area contributed by atoms with Crippen molar-refractivity contribution < 1.29 is 0 Å². The van der Waals surface area contributed by atoms with Gasteiger partial charge in [-0.1, -0.05) is 24.4 Å². The van der Waals surface area contributed by atoms with Crippen molar-refractivity contribution >= 4 is 11.6 Å². The van der Waals surface area contributed by atoms with Crippen molar-refractivity contribution in [3.8, 4) is 0 Å². The zero-order valence-electron chi connectivity index (χ0n) is 10.0. The standard InChI is InChI=1S/C12H20ClN3/c1-14-7-9-5-3-4-6-10(9)12-11(13)8-15-16(12)2/h8-10,14H,3-7H2,1-2H3. The van der Waals surface area contributed by atoms with Gasteiger partial charge in [0.25, 0.3) is 0 Å². The SMILES string of the molecule is CNCC1CCCCC1c1c(Cl)cnn1C. The molecule has 1 aliphatic carbocycles. The van der Waals surface area contributed by atoms with Crippen LogP contribution in [0.15, 0.2) is 6.20 Å². The fourth-order valence-electron chi connectivity index (χ4n) is 2.91. The number of aryl methyl sites for hydroxylation is 1. The Labute approximate surface area is 102 Å². The second-order valence-electron chi connectivity index (χ2n) is 4.71. The van der Waals surface area contributed by atoms with Crippen LogP contribution in [0.2, 0.25) is 5.02 Å².